The molecule has 78 valence electrons. The van der Waals surface area contributed by atoms with Crippen molar-refractivity contribution in [1.29, 1.82) is 0 Å². The van der Waals surface area contributed by atoms with Gasteiger partial charge in [-0.1, -0.05) is 6.08 Å². The second-order valence-electron chi connectivity index (χ2n) is 3.52. The van der Waals surface area contributed by atoms with E-state index >= 15 is 0 Å². The van der Waals surface area contributed by atoms with Gasteiger partial charge in [0.1, 0.15) is 6.10 Å². The molecule has 0 amide bonds. The summed E-state index contributed by atoms with van der Waals surface area (Å²) in [5, 5.41) is 3.09. The molecule has 1 N–H and O–H groups in total. The molecule has 2 atom stereocenters. The summed E-state index contributed by atoms with van der Waals surface area (Å²) in [6.07, 6.45) is 2.97. The number of halogens is 1. The lowest BCUT2D eigenvalue weighted by Crippen LogP contribution is -2.56. The first-order valence-corrected chi connectivity index (χ1v) is 4.63. The molecule has 0 bridgehead atoms. The lowest BCUT2D eigenvalue weighted by molar-refractivity contribution is 0.0302. The van der Waals surface area contributed by atoms with Gasteiger partial charge in [-0.25, -0.2) is 0 Å². The van der Waals surface area contributed by atoms with Crippen molar-refractivity contribution in [3.8, 4) is 0 Å². The topological polar surface area (TPSA) is 24.5 Å². The van der Waals surface area contributed by atoms with Crippen molar-refractivity contribution >= 4 is 0 Å². The molecule has 0 aromatic rings. The summed E-state index contributed by atoms with van der Waals surface area (Å²) in [6, 6.07) is 0.159. The van der Waals surface area contributed by atoms with Crippen molar-refractivity contribution in [3.05, 3.63) is 23.9 Å². The van der Waals surface area contributed by atoms with E-state index in [1.165, 1.54) is 6.08 Å². The van der Waals surface area contributed by atoms with E-state index in [1.54, 1.807) is 6.08 Å². The predicted molar refractivity (Wildman–Crippen MR) is 52.2 cm³/mol. The molecule has 1 fully saturated rings. The van der Waals surface area contributed by atoms with E-state index in [0.717, 1.165) is 4.90 Å². The molecule has 2 aliphatic rings. The summed E-state index contributed by atoms with van der Waals surface area (Å²) in [5.74, 6) is -0.808. The van der Waals surface area contributed by atoms with Crippen LogP contribution in [0, 0.1) is 0 Å². The molecule has 14 heavy (non-hydrogen) atoms. The maximum absolute atomic E-state index is 13.9. The Kier molecular flexibility index (Phi) is 1.66. The van der Waals surface area contributed by atoms with Crippen LogP contribution in [-0.4, -0.2) is 37.1 Å². The number of nitrogens with one attached hydrogen (secondary N) is 1. The highest BCUT2D eigenvalue weighted by Crippen LogP contribution is 2.21. The number of allylic oxidation sites excluding steroid dienone is 1. The SMILES string of the molecule is [2H]C([2H])([2H])N1CC=CC(O[C@H]2CN[C@@H]2C)=C1F. The van der Waals surface area contributed by atoms with Crippen LogP contribution >= 0.6 is 0 Å². The Hall–Kier alpha value is -1.03. The average molecular weight is 201 g/mol. The van der Waals surface area contributed by atoms with Crippen LogP contribution in [0.1, 0.15) is 11.0 Å². The normalized spacial score (nSPS) is 35.9. The lowest BCUT2D eigenvalue weighted by atomic mass is 10.1. The predicted octanol–water partition coefficient (Wildman–Crippen LogP) is 1.00. The fourth-order valence-electron chi connectivity index (χ4n) is 1.39. The summed E-state index contributed by atoms with van der Waals surface area (Å²) in [5.41, 5.74) is 0. The van der Waals surface area contributed by atoms with Gasteiger partial charge in [0.15, 0.2) is 5.76 Å². The van der Waals surface area contributed by atoms with Gasteiger partial charge < -0.3 is 15.0 Å². The fourth-order valence-corrected chi connectivity index (χ4v) is 1.39. The van der Waals surface area contributed by atoms with Gasteiger partial charge in [-0.3, -0.25) is 0 Å². The molecule has 2 aliphatic heterocycles. The first-order valence-electron chi connectivity index (χ1n) is 6.13. The minimum atomic E-state index is -2.48. The van der Waals surface area contributed by atoms with Crippen LogP contribution in [-0.2, 0) is 4.74 Å². The molecule has 3 nitrogen and oxygen atoms in total. The smallest absolute Gasteiger partial charge is 0.232 e. The largest absolute Gasteiger partial charge is 0.483 e. The lowest BCUT2D eigenvalue weighted by Gasteiger charge is -2.36. The first-order chi connectivity index (χ1) is 7.89. The van der Waals surface area contributed by atoms with Crippen molar-refractivity contribution in [2.45, 2.75) is 19.1 Å². The monoisotopic (exact) mass is 201 g/mol. The Morgan fingerprint density at radius 2 is 2.64 bits per heavy atom. The van der Waals surface area contributed by atoms with Crippen molar-refractivity contribution in [2.24, 2.45) is 0 Å². The van der Waals surface area contributed by atoms with Gasteiger partial charge in [-0.2, -0.15) is 4.39 Å². The summed E-state index contributed by atoms with van der Waals surface area (Å²) in [7, 11) is 0. The Morgan fingerprint density at radius 3 is 3.21 bits per heavy atom. The summed E-state index contributed by atoms with van der Waals surface area (Å²) >= 11 is 0. The molecule has 2 rings (SSSR count). The molecule has 0 radical (unpaired) electrons. The first kappa shape index (κ1) is 6.45. The van der Waals surface area contributed by atoms with Crippen LogP contribution in [0.4, 0.5) is 4.39 Å². The molecule has 0 spiro atoms. The van der Waals surface area contributed by atoms with Gasteiger partial charge in [-0.05, 0) is 13.0 Å². The number of hydrogen-bond donors (Lipinski definition) is 1. The second-order valence-corrected chi connectivity index (χ2v) is 3.52. The van der Waals surface area contributed by atoms with E-state index in [1.807, 2.05) is 6.92 Å². The Bertz CT molecular complexity index is 367. The minimum absolute atomic E-state index is 0.00530. The van der Waals surface area contributed by atoms with Crippen LogP contribution in [0.25, 0.3) is 0 Å². The molecule has 1 saturated heterocycles. The van der Waals surface area contributed by atoms with Gasteiger partial charge in [0.05, 0.1) is 0 Å². The van der Waals surface area contributed by atoms with E-state index < -0.39 is 12.9 Å². The highest BCUT2D eigenvalue weighted by molar-refractivity contribution is 5.21. The van der Waals surface area contributed by atoms with Gasteiger partial charge in [0.2, 0.25) is 5.95 Å². The molecule has 4 heteroatoms. The molecular formula is C10H15FN2O. The third-order valence-electron chi connectivity index (χ3n) is 2.47. The van der Waals surface area contributed by atoms with Crippen LogP contribution in [0.5, 0.6) is 0 Å². The highest BCUT2D eigenvalue weighted by atomic mass is 19.1. The molecule has 0 aliphatic carbocycles. The maximum atomic E-state index is 13.9. The zero-order chi connectivity index (χ0) is 12.6. The zero-order valence-electron chi connectivity index (χ0n) is 11.0. The molecule has 0 unspecified atom stereocenters. The number of rotatable bonds is 2. The quantitative estimate of drug-likeness (QED) is 0.675. The van der Waals surface area contributed by atoms with Gasteiger partial charge >= 0.3 is 0 Å². The van der Waals surface area contributed by atoms with E-state index in [4.69, 9.17) is 8.85 Å². The highest BCUT2D eigenvalue weighted by Gasteiger charge is 2.29. The summed E-state index contributed by atoms with van der Waals surface area (Å²) in [4.78, 5) is 0.721. The third kappa shape index (κ3) is 1.62. The average Bonchev–Trinajstić information content (AvgIpc) is 2.24. The van der Waals surface area contributed by atoms with E-state index in [9.17, 15) is 4.39 Å². The van der Waals surface area contributed by atoms with E-state index in [0.29, 0.717) is 6.54 Å². The van der Waals surface area contributed by atoms with Crippen molar-refractivity contribution in [1.82, 2.24) is 10.2 Å². The zero-order valence-corrected chi connectivity index (χ0v) is 7.96. The Morgan fingerprint density at radius 1 is 1.79 bits per heavy atom. The van der Waals surface area contributed by atoms with Crippen LogP contribution < -0.4 is 5.32 Å². The van der Waals surface area contributed by atoms with Gasteiger partial charge in [-0.15, -0.1) is 0 Å². The fraction of sp³-hybridized carbons (Fsp3) is 0.600. The minimum Gasteiger partial charge on any atom is -0.483 e. The summed E-state index contributed by atoms with van der Waals surface area (Å²) < 4.78 is 41.0. The number of nitrogens with zero attached hydrogens (tertiary/aromatic N) is 1. The van der Waals surface area contributed by atoms with Crippen molar-refractivity contribution in [2.75, 3.05) is 20.1 Å². The van der Waals surface area contributed by atoms with Crippen molar-refractivity contribution < 1.29 is 13.2 Å². The van der Waals surface area contributed by atoms with Crippen LogP contribution in [0.15, 0.2) is 23.9 Å². The second kappa shape index (κ2) is 3.61. The molecular weight excluding hydrogens is 183 g/mol. The summed E-state index contributed by atoms with van der Waals surface area (Å²) in [6.45, 7) is 0.140. The Labute approximate surface area is 87.4 Å². The van der Waals surface area contributed by atoms with Crippen LogP contribution in [0.2, 0.25) is 0 Å². The van der Waals surface area contributed by atoms with Gasteiger partial charge in [0.25, 0.3) is 0 Å². The standard InChI is InChI=1S/C10H15FN2O/c1-7-9(6-12-7)14-8-4-3-5-13(2)10(8)11/h3-4,7,9,12H,5-6H2,1-2H3/t7-,9+/m1/s1/i2D3. The number of hydrogen-bond acceptors (Lipinski definition) is 3. The molecule has 0 saturated carbocycles. The van der Waals surface area contributed by atoms with Gasteiger partial charge in [0, 0.05) is 30.2 Å². The molecule has 0 aromatic carbocycles. The van der Waals surface area contributed by atoms with Crippen molar-refractivity contribution in [3.63, 3.8) is 0 Å². The van der Waals surface area contributed by atoms with Crippen LogP contribution in [0.3, 0.4) is 0 Å². The maximum Gasteiger partial charge on any atom is 0.232 e. The molecule has 2 heterocycles. The Balaban J connectivity index is 2.11. The number of ether oxygens (including phenoxy) is 1. The van der Waals surface area contributed by atoms with E-state index in [-0.39, 0.29) is 24.4 Å². The number of likely N-dealkylation sites (N-methyl/N-ethyl adjacent to an activating group) is 1. The molecule has 0 aromatic heterocycles. The third-order valence-corrected chi connectivity index (χ3v) is 2.47. The van der Waals surface area contributed by atoms with E-state index in [2.05, 4.69) is 5.32 Å².